The fraction of sp³-hybridized carbons (Fsp3) is 0.111. The first kappa shape index (κ1) is 17.4. The number of hydrogen-bond donors (Lipinski definition) is 0. The van der Waals surface area contributed by atoms with E-state index in [1.807, 2.05) is 6.07 Å². The van der Waals surface area contributed by atoms with Crippen LogP contribution in [-0.2, 0) is 4.74 Å². The number of carbonyl (C=O) groups is 1. The minimum atomic E-state index is -1.32. The molecule has 0 spiro atoms. The highest BCUT2D eigenvalue weighted by atomic mass is 19.2. The second-order valence-electron chi connectivity index (χ2n) is 5.06. The van der Waals surface area contributed by atoms with Gasteiger partial charge in [0.05, 0.1) is 12.2 Å². The fourth-order valence-electron chi connectivity index (χ4n) is 2.17. The highest BCUT2D eigenvalue weighted by molar-refractivity contribution is 5.66. The predicted octanol–water partition coefficient (Wildman–Crippen LogP) is 4.02. The maximum absolute atomic E-state index is 14.3. The van der Waals surface area contributed by atoms with Crippen molar-refractivity contribution in [2.75, 3.05) is 6.61 Å². The van der Waals surface area contributed by atoms with E-state index in [4.69, 9.17) is 0 Å². The molecule has 132 valence electrons. The van der Waals surface area contributed by atoms with Crippen LogP contribution in [0.1, 0.15) is 6.92 Å². The second-order valence-corrected chi connectivity index (χ2v) is 5.06. The van der Waals surface area contributed by atoms with Crippen LogP contribution in [0, 0.1) is 11.6 Å². The molecule has 1 aromatic carbocycles. The molecular formula is C18H13F2N3O3. The Bertz CT molecular complexity index is 919. The molecule has 6 nitrogen and oxygen atoms in total. The molecule has 2 aromatic heterocycles. The van der Waals surface area contributed by atoms with Crippen LogP contribution < -0.4 is 4.74 Å². The third-order valence-corrected chi connectivity index (χ3v) is 3.39. The van der Waals surface area contributed by atoms with E-state index in [1.165, 1.54) is 18.5 Å². The molecule has 8 heteroatoms. The Morgan fingerprint density at radius 1 is 1.04 bits per heavy atom. The third kappa shape index (κ3) is 3.64. The number of aromatic nitrogens is 3. The lowest BCUT2D eigenvalue weighted by Gasteiger charge is -2.08. The second kappa shape index (κ2) is 7.64. The number of rotatable bonds is 4. The molecule has 0 fully saturated rings. The zero-order valence-corrected chi connectivity index (χ0v) is 13.6. The quantitative estimate of drug-likeness (QED) is 0.519. The number of pyridine rings is 1. The first-order chi connectivity index (χ1) is 12.6. The van der Waals surface area contributed by atoms with Gasteiger partial charge in [0.15, 0.2) is 17.4 Å². The molecule has 0 radical (unpaired) electrons. The van der Waals surface area contributed by atoms with Gasteiger partial charge in [-0.15, -0.1) is 0 Å². The summed E-state index contributed by atoms with van der Waals surface area (Å²) in [5.74, 6) is -3.12. The Kier molecular flexibility index (Phi) is 5.12. The molecule has 0 aliphatic rings. The molecule has 3 rings (SSSR count). The molecule has 0 bridgehead atoms. The molecule has 0 aliphatic heterocycles. The smallest absolute Gasteiger partial charge is 0.434 e. The molecule has 0 N–H and O–H groups in total. The van der Waals surface area contributed by atoms with Gasteiger partial charge in [-0.05, 0) is 25.1 Å². The lowest BCUT2D eigenvalue weighted by Crippen LogP contribution is -2.11. The molecule has 0 amide bonds. The van der Waals surface area contributed by atoms with Gasteiger partial charge < -0.3 is 9.47 Å². The van der Waals surface area contributed by atoms with Crippen molar-refractivity contribution in [1.82, 2.24) is 15.0 Å². The van der Waals surface area contributed by atoms with Gasteiger partial charge in [-0.2, -0.15) is 4.39 Å². The first-order valence-corrected chi connectivity index (χ1v) is 7.65. The molecule has 0 saturated carbocycles. The van der Waals surface area contributed by atoms with Crippen LogP contribution in [-0.4, -0.2) is 27.7 Å². The largest absolute Gasteiger partial charge is 0.513 e. The monoisotopic (exact) mass is 357 g/mol. The summed E-state index contributed by atoms with van der Waals surface area (Å²) < 4.78 is 37.6. The van der Waals surface area contributed by atoms with Gasteiger partial charge in [-0.3, -0.25) is 4.98 Å². The lowest BCUT2D eigenvalue weighted by atomic mass is 10.1. The molecule has 0 atom stereocenters. The Hall–Kier alpha value is -3.42. The molecule has 0 unspecified atom stereocenters. The highest BCUT2D eigenvalue weighted by Crippen LogP contribution is 2.28. The molecule has 3 aromatic rings. The van der Waals surface area contributed by atoms with E-state index in [2.05, 4.69) is 24.4 Å². The summed E-state index contributed by atoms with van der Waals surface area (Å²) >= 11 is 0. The number of carbonyl (C=O) groups excluding carboxylic acids is 1. The molecule has 2 heterocycles. The number of halogens is 2. The summed E-state index contributed by atoms with van der Waals surface area (Å²) in [5, 5.41) is 0. The summed E-state index contributed by atoms with van der Waals surface area (Å²) in [6.45, 7) is 1.62. The van der Waals surface area contributed by atoms with Gasteiger partial charge in [-0.1, -0.05) is 6.07 Å². The van der Waals surface area contributed by atoms with Crippen LogP contribution in [0.2, 0.25) is 0 Å². The van der Waals surface area contributed by atoms with Crippen molar-refractivity contribution in [3.05, 3.63) is 60.7 Å². The van der Waals surface area contributed by atoms with Crippen molar-refractivity contribution < 1.29 is 23.0 Å². The van der Waals surface area contributed by atoms with Gasteiger partial charge in [0.1, 0.15) is 0 Å². The summed E-state index contributed by atoms with van der Waals surface area (Å²) in [5.41, 5.74) is 1.32. The van der Waals surface area contributed by atoms with E-state index < -0.39 is 23.5 Å². The Balaban J connectivity index is 1.87. The lowest BCUT2D eigenvalue weighted by molar-refractivity contribution is 0.102. The Morgan fingerprint density at radius 3 is 2.46 bits per heavy atom. The molecule has 0 aliphatic carbocycles. The van der Waals surface area contributed by atoms with Gasteiger partial charge in [-0.25, -0.2) is 19.2 Å². The third-order valence-electron chi connectivity index (χ3n) is 3.39. The number of benzene rings is 1. The average Bonchev–Trinajstić information content (AvgIpc) is 2.67. The number of hydrogen-bond acceptors (Lipinski definition) is 6. The SMILES string of the molecule is CCOC(=O)Oc1ccc(-c2ncc(-c3cccnc3)cn2)c(F)c1F. The normalized spacial score (nSPS) is 10.4. The zero-order chi connectivity index (χ0) is 18.5. The van der Waals surface area contributed by atoms with Gasteiger partial charge in [0, 0.05) is 35.9 Å². The van der Waals surface area contributed by atoms with Crippen molar-refractivity contribution >= 4 is 6.16 Å². The molecule has 26 heavy (non-hydrogen) atoms. The fourth-order valence-corrected chi connectivity index (χ4v) is 2.17. The van der Waals surface area contributed by atoms with Crippen molar-refractivity contribution in [1.29, 1.82) is 0 Å². The van der Waals surface area contributed by atoms with Crippen molar-refractivity contribution in [3.8, 4) is 28.3 Å². The minimum Gasteiger partial charge on any atom is -0.434 e. The Labute approximate surface area is 147 Å². The van der Waals surface area contributed by atoms with E-state index in [0.29, 0.717) is 5.56 Å². The summed E-state index contributed by atoms with van der Waals surface area (Å²) in [6.07, 6.45) is 5.13. The topological polar surface area (TPSA) is 74.2 Å². The zero-order valence-electron chi connectivity index (χ0n) is 13.6. The average molecular weight is 357 g/mol. The van der Waals surface area contributed by atoms with Crippen LogP contribution in [0.5, 0.6) is 5.75 Å². The van der Waals surface area contributed by atoms with E-state index in [9.17, 15) is 13.6 Å². The summed E-state index contributed by atoms with van der Waals surface area (Å²) in [7, 11) is 0. The number of ether oxygens (including phenoxy) is 2. The van der Waals surface area contributed by atoms with E-state index in [1.54, 1.807) is 25.4 Å². The van der Waals surface area contributed by atoms with Crippen LogP contribution >= 0.6 is 0 Å². The predicted molar refractivity (Wildman–Crippen MR) is 88.3 cm³/mol. The first-order valence-electron chi connectivity index (χ1n) is 7.65. The van der Waals surface area contributed by atoms with Crippen LogP contribution in [0.3, 0.4) is 0 Å². The van der Waals surface area contributed by atoms with Gasteiger partial charge in [0.25, 0.3) is 0 Å². The Morgan fingerprint density at radius 2 is 1.81 bits per heavy atom. The van der Waals surface area contributed by atoms with Gasteiger partial charge >= 0.3 is 6.16 Å². The van der Waals surface area contributed by atoms with Crippen LogP contribution in [0.15, 0.2) is 49.1 Å². The summed E-state index contributed by atoms with van der Waals surface area (Å²) in [4.78, 5) is 23.4. The molecule has 0 saturated heterocycles. The summed E-state index contributed by atoms with van der Waals surface area (Å²) in [6, 6.07) is 5.93. The minimum absolute atomic E-state index is 0.00303. The van der Waals surface area contributed by atoms with Crippen molar-refractivity contribution in [2.45, 2.75) is 6.92 Å². The van der Waals surface area contributed by atoms with Gasteiger partial charge in [0.2, 0.25) is 5.82 Å². The van der Waals surface area contributed by atoms with E-state index >= 15 is 0 Å². The van der Waals surface area contributed by atoms with E-state index in [0.717, 1.165) is 11.6 Å². The van der Waals surface area contributed by atoms with Crippen LogP contribution in [0.25, 0.3) is 22.5 Å². The highest BCUT2D eigenvalue weighted by Gasteiger charge is 2.19. The maximum atomic E-state index is 14.3. The number of nitrogens with zero attached hydrogens (tertiary/aromatic N) is 3. The molecular weight excluding hydrogens is 344 g/mol. The van der Waals surface area contributed by atoms with E-state index in [-0.39, 0.29) is 18.0 Å². The van der Waals surface area contributed by atoms with Crippen LogP contribution in [0.4, 0.5) is 13.6 Å². The standard InChI is InChI=1S/C18H13F2N3O3/c1-2-25-18(24)26-14-6-5-13(15(19)16(14)20)17-22-9-12(10-23-17)11-4-3-7-21-8-11/h3-10H,2H2,1H3. The van der Waals surface area contributed by atoms with Crippen molar-refractivity contribution in [2.24, 2.45) is 0 Å². The van der Waals surface area contributed by atoms with Crippen molar-refractivity contribution in [3.63, 3.8) is 0 Å². The maximum Gasteiger partial charge on any atom is 0.513 e.